The number of thiophene rings is 1. The molecule has 0 unspecified atom stereocenters. The third kappa shape index (κ3) is 1.58. The number of hydrogen-bond acceptors (Lipinski definition) is 5. The SMILES string of the molecule is O=c1[nH]c2ccsc2c(=O)n1Cc1nnc2n1CCC2. The van der Waals surface area contributed by atoms with Crippen molar-refractivity contribution in [1.82, 2.24) is 24.3 Å². The van der Waals surface area contributed by atoms with Crippen molar-refractivity contribution < 1.29 is 0 Å². The fourth-order valence-electron chi connectivity index (χ4n) is 2.58. The molecule has 0 atom stereocenters. The second-order valence-corrected chi connectivity index (χ2v) is 5.69. The van der Waals surface area contributed by atoms with Gasteiger partial charge in [-0.2, -0.15) is 0 Å². The van der Waals surface area contributed by atoms with Gasteiger partial charge in [0.2, 0.25) is 0 Å². The maximum atomic E-state index is 12.3. The lowest BCUT2D eigenvalue weighted by atomic mass is 10.4. The number of H-pyrrole nitrogens is 1. The van der Waals surface area contributed by atoms with Gasteiger partial charge in [-0.3, -0.25) is 9.36 Å². The van der Waals surface area contributed by atoms with Crippen LogP contribution in [0.3, 0.4) is 0 Å². The molecule has 8 heteroatoms. The van der Waals surface area contributed by atoms with Crippen LogP contribution in [0, 0.1) is 0 Å². The van der Waals surface area contributed by atoms with Crippen LogP contribution in [0.15, 0.2) is 21.0 Å². The summed E-state index contributed by atoms with van der Waals surface area (Å²) in [6.45, 7) is 1.01. The molecule has 0 aliphatic carbocycles. The Morgan fingerprint density at radius 1 is 1.35 bits per heavy atom. The number of aryl methyl sites for hydroxylation is 1. The molecule has 0 radical (unpaired) electrons. The van der Waals surface area contributed by atoms with Crippen LogP contribution in [-0.4, -0.2) is 24.3 Å². The molecule has 0 bridgehead atoms. The molecule has 0 saturated carbocycles. The van der Waals surface area contributed by atoms with Crippen molar-refractivity contribution in [3.63, 3.8) is 0 Å². The van der Waals surface area contributed by atoms with E-state index in [2.05, 4.69) is 15.2 Å². The summed E-state index contributed by atoms with van der Waals surface area (Å²) < 4.78 is 3.74. The van der Waals surface area contributed by atoms with Crippen molar-refractivity contribution in [1.29, 1.82) is 0 Å². The molecule has 4 heterocycles. The second-order valence-electron chi connectivity index (χ2n) is 4.77. The molecule has 1 N–H and O–H groups in total. The minimum Gasteiger partial charge on any atom is -0.313 e. The first-order valence-electron chi connectivity index (χ1n) is 6.35. The van der Waals surface area contributed by atoms with E-state index in [-0.39, 0.29) is 12.1 Å². The minimum atomic E-state index is -0.406. The first-order chi connectivity index (χ1) is 9.74. The van der Waals surface area contributed by atoms with Crippen LogP contribution in [-0.2, 0) is 19.5 Å². The summed E-state index contributed by atoms with van der Waals surface area (Å²) in [5.74, 6) is 1.60. The van der Waals surface area contributed by atoms with Gasteiger partial charge in [-0.1, -0.05) is 0 Å². The average molecular weight is 289 g/mol. The highest BCUT2D eigenvalue weighted by atomic mass is 32.1. The van der Waals surface area contributed by atoms with E-state index >= 15 is 0 Å². The quantitative estimate of drug-likeness (QED) is 0.737. The van der Waals surface area contributed by atoms with E-state index < -0.39 is 5.69 Å². The fraction of sp³-hybridized carbons (Fsp3) is 0.333. The number of aromatic amines is 1. The van der Waals surface area contributed by atoms with Crippen molar-refractivity contribution in [3.8, 4) is 0 Å². The van der Waals surface area contributed by atoms with Crippen LogP contribution in [0.5, 0.6) is 0 Å². The number of nitrogens with one attached hydrogen (secondary N) is 1. The first-order valence-corrected chi connectivity index (χ1v) is 7.23. The van der Waals surface area contributed by atoms with E-state index in [9.17, 15) is 9.59 Å². The number of aromatic nitrogens is 5. The van der Waals surface area contributed by atoms with Crippen LogP contribution in [0.4, 0.5) is 0 Å². The summed E-state index contributed by atoms with van der Waals surface area (Å²) in [6.07, 6.45) is 1.94. The van der Waals surface area contributed by atoms with E-state index in [1.54, 1.807) is 11.4 Å². The highest BCUT2D eigenvalue weighted by molar-refractivity contribution is 7.17. The van der Waals surface area contributed by atoms with Crippen LogP contribution >= 0.6 is 11.3 Å². The van der Waals surface area contributed by atoms with E-state index in [4.69, 9.17) is 0 Å². The molecule has 3 aromatic rings. The van der Waals surface area contributed by atoms with Gasteiger partial charge in [0.1, 0.15) is 10.5 Å². The Balaban J connectivity index is 1.86. The van der Waals surface area contributed by atoms with Gasteiger partial charge in [0, 0.05) is 13.0 Å². The van der Waals surface area contributed by atoms with Crippen molar-refractivity contribution in [2.24, 2.45) is 0 Å². The van der Waals surface area contributed by atoms with Gasteiger partial charge >= 0.3 is 5.69 Å². The largest absolute Gasteiger partial charge is 0.329 e. The van der Waals surface area contributed by atoms with Gasteiger partial charge in [-0.05, 0) is 17.9 Å². The van der Waals surface area contributed by atoms with Gasteiger partial charge in [0.15, 0.2) is 5.82 Å². The topological polar surface area (TPSA) is 85.6 Å². The maximum Gasteiger partial charge on any atom is 0.329 e. The normalized spacial score (nSPS) is 14.0. The molecule has 0 saturated heterocycles. The zero-order valence-electron chi connectivity index (χ0n) is 10.5. The Kier molecular flexibility index (Phi) is 2.40. The van der Waals surface area contributed by atoms with E-state index in [0.29, 0.717) is 16.0 Å². The molecule has 4 rings (SSSR count). The average Bonchev–Trinajstić information content (AvgIpc) is 3.11. The third-order valence-electron chi connectivity index (χ3n) is 3.58. The standard InChI is InChI=1S/C12H11N5O2S/c18-11-10-7(3-5-20-10)13-12(19)17(11)6-9-15-14-8-2-1-4-16(8)9/h3,5H,1-2,4,6H2,(H,13,19). The zero-order valence-corrected chi connectivity index (χ0v) is 11.3. The summed E-state index contributed by atoms with van der Waals surface area (Å²) >= 11 is 1.33. The van der Waals surface area contributed by atoms with Gasteiger partial charge in [-0.15, -0.1) is 21.5 Å². The van der Waals surface area contributed by atoms with E-state index in [0.717, 1.165) is 25.2 Å². The van der Waals surface area contributed by atoms with Crippen molar-refractivity contribution in [2.75, 3.05) is 0 Å². The number of rotatable bonds is 2. The second kappa shape index (κ2) is 4.14. The molecule has 0 amide bonds. The summed E-state index contributed by atoms with van der Waals surface area (Å²) in [5.41, 5.74) is -0.0851. The zero-order chi connectivity index (χ0) is 13.7. The number of nitrogens with zero attached hydrogens (tertiary/aromatic N) is 4. The van der Waals surface area contributed by atoms with Crippen molar-refractivity contribution in [2.45, 2.75) is 25.9 Å². The van der Waals surface area contributed by atoms with Crippen LogP contribution in [0.2, 0.25) is 0 Å². The maximum absolute atomic E-state index is 12.3. The predicted octanol–water partition coefficient (Wildman–Crippen LogP) is 0.337. The summed E-state index contributed by atoms with van der Waals surface area (Å²) in [6, 6.07) is 1.74. The lowest BCUT2D eigenvalue weighted by Crippen LogP contribution is -2.35. The molecule has 7 nitrogen and oxygen atoms in total. The van der Waals surface area contributed by atoms with Crippen LogP contribution in [0.25, 0.3) is 10.2 Å². The summed E-state index contributed by atoms with van der Waals surface area (Å²) in [4.78, 5) is 27.1. The number of fused-ring (bicyclic) bond motifs is 2. The Bertz CT molecular complexity index is 916. The summed E-state index contributed by atoms with van der Waals surface area (Å²) in [5, 5.41) is 9.97. The fourth-order valence-corrected chi connectivity index (χ4v) is 3.38. The minimum absolute atomic E-state index is 0.162. The summed E-state index contributed by atoms with van der Waals surface area (Å²) in [7, 11) is 0. The third-order valence-corrected chi connectivity index (χ3v) is 4.48. The molecule has 20 heavy (non-hydrogen) atoms. The molecular weight excluding hydrogens is 278 g/mol. The Morgan fingerprint density at radius 2 is 2.25 bits per heavy atom. The molecule has 1 aliphatic heterocycles. The van der Waals surface area contributed by atoms with Gasteiger partial charge in [0.25, 0.3) is 5.56 Å². The van der Waals surface area contributed by atoms with E-state index in [1.165, 1.54) is 15.9 Å². The lowest BCUT2D eigenvalue weighted by Gasteiger charge is -2.05. The van der Waals surface area contributed by atoms with Gasteiger partial charge < -0.3 is 9.55 Å². The highest BCUT2D eigenvalue weighted by Crippen LogP contribution is 2.15. The lowest BCUT2D eigenvalue weighted by molar-refractivity contribution is 0.618. The van der Waals surface area contributed by atoms with Crippen LogP contribution in [0.1, 0.15) is 18.1 Å². The molecule has 0 aromatic carbocycles. The monoisotopic (exact) mass is 289 g/mol. The van der Waals surface area contributed by atoms with Gasteiger partial charge in [-0.25, -0.2) is 4.79 Å². The number of hydrogen-bond donors (Lipinski definition) is 1. The Morgan fingerprint density at radius 3 is 3.15 bits per heavy atom. The molecular formula is C12H11N5O2S. The molecule has 0 fully saturated rings. The first kappa shape index (κ1) is 11.6. The molecule has 1 aliphatic rings. The smallest absolute Gasteiger partial charge is 0.313 e. The molecule has 102 valence electrons. The van der Waals surface area contributed by atoms with Crippen molar-refractivity contribution in [3.05, 3.63) is 43.9 Å². The molecule has 0 spiro atoms. The Labute approximate surface area is 116 Å². The van der Waals surface area contributed by atoms with Gasteiger partial charge in [0.05, 0.1) is 12.1 Å². The Hall–Kier alpha value is -2.22. The van der Waals surface area contributed by atoms with Crippen molar-refractivity contribution >= 4 is 21.6 Å². The molecule has 3 aromatic heterocycles. The highest BCUT2D eigenvalue weighted by Gasteiger charge is 2.19. The predicted molar refractivity (Wildman–Crippen MR) is 74.2 cm³/mol. The van der Waals surface area contributed by atoms with E-state index in [1.807, 2.05) is 4.57 Å². The van der Waals surface area contributed by atoms with Crippen LogP contribution < -0.4 is 11.2 Å².